The van der Waals surface area contributed by atoms with Crippen molar-refractivity contribution in [3.8, 4) is 22.6 Å². The summed E-state index contributed by atoms with van der Waals surface area (Å²) in [5.74, 6) is 0.964. The van der Waals surface area contributed by atoms with E-state index < -0.39 is 0 Å². The Kier molecular flexibility index (Phi) is 4.04. The SMILES string of the molecule is Cc1ncc(-c2cnc3n[nH]c(-c4cc5c(C6=CCC(C)S6)nccc5[nH]4)c3c2)n1C. The van der Waals surface area contributed by atoms with E-state index in [1.54, 1.807) is 0 Å². The van der Waals surface area contributed by atoms with Crippen LogP contribution in [0.3, 0.4) is 0 Å². The van der Waals surface area contributed by atoms with E-state index in [-0.39, 0.29) is 0 Å². The number of hydrogen-bond donors (Lipinski definition) is 2. The molecule has 6 heterocycles. The van der Waals surface area contributed by atoms with E-state index in [0.717, 1.165) is 56.9 Å². The minimum atomic E-state index is 0.599. The number of nitrogens with zero attached hydrogens (tertiary/aromatic N) is 5. The molecule has 5 aromatic heterocycles. The number of aryl methyl sites for hydroxylation is 1. The number of hydrogen-bond acceptors (Lipinski definition) is 5. The van der Waals surface area contributed by atoms with Crippen LogP contribution in [0.15, 0.2) is 42.9 Å². The number of nitrogens with one attached hydrogen (secondary N) is 2. The van der Waals surface area contributed by atoms with E-state index in [1.807, 2.05) is 50.4 Å². The van der Waals surface area contributed by atoms with Crippen LogP contribution in [0, 0.1) is 6.92 Å². The summed E-state index contributed by atoms with van der Waals surface area (Å²) in [5.41, 5.74) is 6.74. The van der Waals surface area contributed by atoms with Crippen molar-refractivity contribution < 1.29 is 0 Å². The van der Waals surface area contributed by atoms with Crippen LogP contribution >= 0.6 is 11.8 Å². The summed E-state index contributed by atoms with van der Waals surface area (Å²) in [5, 5.41) is 10.3. The average Bonchev–Trinajstić information content (AvgIpc) is 3.54. The largest absolute Gasteiger partial charge is 0.353 e. The molecule has 0 radical (unpaired) electrons. The molecule has 1 aliphatic rings. The Morgan fingerprint density at radius 1 is 1.13 bits per heavy atom. The summed E-state index contributed by atoms with van der Waals surface area (Å²) in [7, 11) is 2.01. The first kappa shape index (κ1) is 18.4. The van der Waals surface area contributed by atoms with Gasteiger partial charge in [0, 0.05) is 51.4 Å². The van der Waals surface area contributed by atoms with Gasteiger partial charge < -0.3 is 9.55 Å². The van der Waals surface area contributed by atoms with Gasteiger partial charge in [-0.3, -0.25) is 10.1 Å². The molecule has 5 aromatic rings. The van der Waals surface area contributed by atoms with Gasteiger partial charge in [0.2, 0.25) is 0 Å². The van der Waals surface area contributed by atoms with Crippen molar-refractivity contribution in [2.75, 3.05) is 0 Å². The van der Waals surface area contributed by atoms with Gasteiger partial charge in [0.15, 0.2) is 5.65 Å². The molecule has 154 valence electrons. The molecule has 0 amide bonds. The van der Waals surface area contributed by atoms with Crippen LogP contribution in [0.2, 0.25) is 0 Å². The molecular formula is C23H21N7S. The van der Waals surface area contributed by atoms with Gasteiger partial charge in [0.25, 0.3) is 0 Å². The Morgan fingerprint density at radius 2 is 2.03 bits per heavy atom. The number of allylic oxidation sites excluding steroid dienone is 1. The van der Waals surface area contributed by atoms with E-state index in [2.05, 4.69) is 59.8 Å². The van der Waals surface area contributed by atoms with Crippen LogP contribution in [-0.2, 0) is 7.05 Å². The normalized spacial score (nSPS) is 16.5. The fourth-order valence-electron chi connectivity index (χ4n) is 4.14. The summed E-state index contributed by atoms with van der Waals surface area (Å²) in [4.78, 5) is 18.5. The van der Waals surface area contributed by atoms with Crippen LogP contribution in [0.5, 0.6) is 0 Å². The fourth-order valence-corrected chi connectivity index (χ4v) is 5.23. The second kappa shape index (κ2) is 6.81. The number of aromatic nitrogens is 7. The predicted octanol–water partition coefficient (Wildman–Crippen LogP) is 5.08. The smallest absolute Gasteiger partial charge is 0.181 e. The third-order valence-corrected chi connectivity index (χ3v) is 7.15. The highest BCUT2D eigenvalue weighted by Crippen LogP contribution is 2.41. The lowest BCUT2D eigenvalue weighted by molar-refractivity contribution is 0.865. The maximum absolute atomic E-state index is 4.69. The van der Waals surface area contributed by atoms with Crippen LogP contribution in [0.25, 0.3) is 49.5 Å². The van der Waals surface area contributed by atoms with E-state index in [1.165, 1.54) is 4.91 Å². The maximum atomic E-state index is 4.69. The Labute approximate surface area is 183 Å². The molecule has 1 unspecified atom stereocenters. The van der Waals surface area contributed by atoms with Crippen LogP contribution in [0.1, 0.15) is 24.9 Å². The van der Waals surface area contributed by atoms with E-state index in [4.69, 9.17) is 0 Å². The first-order chi connectivity index (χ1) is 15.1. The molecule has 0 saturated heterocycles. The van der Waals surface area contributed by atoms with Gasteiger partial charge in [-0.15, -0.1) is 11.8 Å². The highest BCUT2D eigenvalue weighted by Gasteiger charge is 2.20. The molecule has 1 atom stereocenters. The van der Waals surface area contributed by atoms with Gasteiger partial charge in [-0.05, 0) is 31.5 Å². The molecule has 7 nitrogen and oxygen atoms in total. The van der Waals surface area contributed by atoms with Gasteiger partial charge in [-0.25, -0.2) is 9.97 Å². The van der Waals surface area contributed by atoms with Crippen molar-refractivity contribution >= 4 is 38.6 Å². The number of H-pyrrole nitrogens is 2. The van der Waals surface area contributed by atoms with Gasteiger partial charge in [0.05, 0.1) is 29.0 Å². The van der Waals surface area contributed by atoms with Gasteiger partial charge in [-0.2, -0.15) is 5.10 Å². The molecular weight excluding hydrogens is 406 g/mol. The second-order valence-electron chi connectivity index (χ2n) is 7.98. The highest BCUT2D eigenvalue weighted by atomic mass is 32.2. The highest BCUT2D eigenvalue weighted by molar-refractivity contribution is 8.09. The number of thioether (sulfide) groups is 1. The van der Waals surface area contributed by atoms with Gasteiger partial charge in [-0.1, -0.05) is 13.0 Å². The quantitative estimate of drug-likeness (QED) is 0.419. The molecule has 31 heavy (non-hydrogen) atoms. The summed E-state index contributed by atoms with van der Waals surface area (Å²) in [6, 6.07) is 6.31. The molecule has 0 fully saturated rings. The van der Waals surface area contributed by atoms with Gasteiger partial charge in [0.1, 0.15) is 5.82 Å². The topological polar surface area (TPSA) is 88.1 Å². The molecule has 1 aliphatic heterocycles. The van der Waals surface area contributed by atoms with Crippen molar-refractivity contribution in [1.82, 2.24) is 34.7 Å². The molecule has 2 N–H and O–H groups in total. The minimum Gasteiger partial charge on any atom is -0.353 e. The third kappa shape index (κ3) is 2.90. The van der Waals surface area contributed by atoms with Crippen molar-refractivity contribution in [1.29, 1.82) is 0 Å². The summed E-state index contributed by atoms with van der Waals surface area (Å²) < 4.78 is 2.07. The van der Waals surface area contributed by atoms with Crippen molar-refractivity contribution in [2.45, 2.75) is 25.5 Å². The van der Waals surface area contributed by atoms with Crippen molar-refractivity contribution in [3.05, 3.63) is 54.4 Å². The summed E-state index contributed by atoms with van der Waals surface area (Å²) in [6.45, 7) is 4.25. The van der Waals surface area contributed by atoms with E-state index in [9.17, 15) is 0 Å². The Morgan fingerprint density at radius 3 is 2.81 bits per heavy atom. The van der Waals surface area contributed by atoms with Crippen LogP contribution in [-0.4, -0.2) is 40.0 Å². The zero-order valence-corrected chi connectivity index (χ0v) is 18.3. The minimum absolute atomic E-state index is 0.599. The first-order valence-electron chi connectivity index (χ1n) is 10.3. The first-order valence-corrected chi connectivity index (χ1v) is 11.1. The molecule has 0 spiro atoms. The fraction of sp³-hybridized carbons (Fsp3) is 0.217. The zero-order valence-electron chi connectivity index (χ0n) is 17.5. The number of imidazole rings is 1. The van der Waals surface area contributed by atoms with Gasteiger partial charge >= 0.3 is 0 Å². The van der Waals surface area contributed by atoms with Crippen LogP contribution < -0.4 is 0 Å². The molecule has 8 heteroatoms. The Balaban J connectivity index is 1.49. The molecule has 6 rings (SSSR count). The van der Waals surface area contributed by atoms with Crippen molar-refractivity contribution in [3.63, 3.8) is 0 Å². The molecule has 0 aromatic carbocycles. The van der Waals surface area contributed by atoms with Crippen LogP contribution in [0.4, 0.5) is 0 Å². The second-order valence-corrected chi connectivity index (χ2v) is 9.46. The lowest BCUT2D eigenvalue weighted by atomic mass is 10.1. The number of pyridine rings is 2. The van der Waals surface area contributed by atoms with E-state index >= 15 is 0 Å². The average molecular weight is 428 g/mol. The Bertz CT molecular complexity index is 1490. The maximum Gasteiger partial charge on any atom is 0.181 e. The number of rotatable bonds is 3. The standard InChI is InChI=1S/C23H21N7S/c1-12-4-5-20(31-12)22-15-9-18(27-17(15)6-7-24-22)21-16-8-14(10-26-23(16)29-28-21)19-11-25-13(2)30(19)3/h5-12,27H,4H2,1-3H3,(H,26,28,29). The monoisotopic (exact) mass is 427 g/mol. The van der Waals surface area contributed by atoms with Crippen molar-refractivity contribution in [2.24, 2.45) is 7.05 Å². The summed E-state index contributed by atoms with van der Waals surface area (Å²) >= 11 is 1.89. The Hall–Kier alpha value is -3.39. The third-order valence-electron chi connectivity index (χ3n) is 5.94. The number of fused-ring (bicyclic) bond motifs is 2. The lowest BCUT2D eigenvalue weighted by Crippen LogP contribution is -1.94. The van der Waals surface area contributed by atoms with E-state index in [0.29, 0.717) is 10.9 Å². The lowest BCUT2D eigenvalue weighted by Gasteiger charge is -2.04. The molecule has 0 aliphatic carbocycles. The predicted molar refractivity (Wildman–Crippen MR) is 126 cm³/mol. The zero-order chi connectivity index (χ0) is 21.1. The molecule has 0 saturated carbocycles. The number of aromatic amines is 2. The summed E-state index contributed by atoms with van der Waals surface area (Å²) in [6.07, 6.45) is 8.98. The molecule has 0 bridgehead atoms.